The summed E-state index contributed by atoms with van der Waals surface area (Å²) in [7, 11) is 25.1. The second-order valence-electron chi connectivity index (χ2n) is 24.1. The summed E-state index contributed by atoms with van der Waals surface area (Å²) in [4.78, 5) is 0. The van der Waals surface area contributed by atoms with Gasteiger partial charge in [-0.05, 0) is 97.1 Å². The standard InChI is InChI=1S/C64H68N12O4/c1-73(2,3)57-21-13-49(14-22-57)65-69-53-33-41-29-43-35-54(70-66-50-15-23-58(24-16-50)74(4,5)6)37-45(62(43)78)31-47-39-56(72-68-52-19-27-60(28-20-52)76(10,11)12)40-48(64(47)80)32-46-38-55(36-44(63(46)79)30-42(34-53)61(41)77)71-67-51-17-25-59(26-18-51)75(7,8)9/h13-28,33-40H,29-32H2,1-12H3/p+4. The molecule has 0 saturated heterocycles. The van der Waals surface area contributed by atoms with E-state index < -0.39 is 0 Å². The molecule has 80 heavy (non-hydrogen) atoms. The van der Waals surface area contributed by atoms with Gasteiger partial charge in [0.2, 0.25) is 0 Å². The molecular formula is C64H72N12O4+4. The zero-order chi connectivity index (χ0) is 57.3. The Labute approximate surface area is 469 Å². The highest BCUT2D eigenvalue weighted by molar-refractivity contribution is 5.65. The number of fused-ring (bicyclic) bond motifs is 8. The monoisotopic (exact) mass is 1070 g/mol. The summed E-state index contributed by atoms with van der Waals surface area (Å²) >= 11 is 0. The lowest BCUT2D eigenvalue weighted by Crippen LogP contribution is -2.34. The number of phenols is 4. The smallest absolute Gasteiger partial charge is 0.132 e. The Bertz CT molecular complexity index is 3130. The van der Waals surface area contributed by atoms with Crippen LogP contribution in [0.1, 0.15) is 44.5 Å². The first-order chi connectivity index (χ1) is 37.7. The first kappa shape index (κ1) is 55.9. The van der Waals surface area contributed by atoms with E-state index in [0.717, 1.165) is 22.7 Å². The number of azo groups is 4. The van der Waals surface area contributed by atoms with Crippen LogP contribution in [0.15, 0.2) is 187 Å². The number of benzene rings is 8. The fourth-order valence-corrected chi connectivity index (χ4v) is 9.42. The lowest BCUT2D eigenvalue weighted by atomic mass is 9.90. The van der Waals surface area contributed by atoms with Gasteiger partial charge >= 0.3 is 0 Å². The summed E-state index contributed by atoms with van der Waals surface area (Å²) in [6.45, 7) is 0. The van der Waals surface area contributed by atoms with E-state index in [4.69, 9.17) is 20.5 Å². The second kappa shape index (κ2) is 22.1. The highest BCUT2D eigenvalue weighted by Gasteiger charge is 2.23. The first-order valence-corrected chi connectivity index (χ1v) is 26.5. The van der Waals surface area contributed by atoms with Crippen LogP contribution in [0.25, 0.3) is 0 Å². The Hall–Kier alpha value is -8.80. The van der Waals surface area contributed by atoms with Crippen LogP contribution >= 0.6 is 0 Å². The molecule has 0 saturated carbocycles. The van der Waals surface area contributed by atoms with Crippen LogP contribution in [-0.2, 0) is 25.7 Å². The summed E-state index contributed by atoms with van der Waals surface area (Å²) in [6.07, 6.45) is 0.101. The molecule has 8 aromatic carbocycles. The Kier molecular flexibility index (Phi) is 15.5. The maximum Gasteiger partial charge on any atom is 0.132 e. The molecule has 0 spiro atoms. The van der Waals surface area contributed by atoms with Gasteiger partial charge in [-0.3, -0.25) is 17.9 Å². The molecule has 1 aliphatic carbocycles. The Morgan fingerprint density at radius 1 is 0.225 bits per heavy atom. The Morgan fingerprint density at radius 2 is 0.362 bits per heavy atom. The molecule has 0 atom stereocenters. The second-order valence-corrected chi connectivity index (χ2v) is 24.1. The van der Waals surface area contributed by atoms with Gasteiger partial charge in [0.25, 0.3) is 0 Å². The summed E-state index contributed by atoms with van der Waals surface area (Å²) in [5.41, 5.74) is 12.2. The van der Waals surface area contributed by atoms with Crippen LogP contribution in [0.5, 0.6) is 23.0 Å². The molecule has 0 heterocycles. The molecule has 0 amide bonds. The topological polar surface area (TPSA) is 180 Å². The number of rotatable bonds is 12. The number of aromatic hydroxyl groups is 4. The number of quaternary nitrogens is 4. The highest BCUT2D eigenvalue weighted by atomic mass is 16.3. The van der Waals surface area contributed by atoms with Gasteiger partial charge in [-0.1, -0.05) is 0 Å². The molecule has 8 aromatic rings. The average molecular weight is 1070 g/mol. The third-order valence-electron chi connectivity index (χ3n) is 14.2. The van der Waals surface area contributed by atoms with Crippen molar-refractivity contribution >= 4 is 68.2 Å². The van der Waals surface area contributed by atoms with Crippen molar-refractivity contribution in [3.63, 3.8) is 0 Å². The van der Waals surface area contributed by atoms with Crippen LogP contribution in [0, 0.1) is 0 Å². The van der Waals surface area contributed by atoms with Gasteiger partial charge < -0.3 is 20.4 Å². The highest BCUT2D eigenvalue weighted by Crippen LogP contribution is 2.43. The minimum Gasteiger partial charge on any atom is -0.507 e. The van der Waals surface area contributed by atoms with Crippen LogP contribution in [0.3, 0.4) is 0 Å². The van der Waals surface area contributed by atoms with Crippen molar-refractivity contribution in [1.82, 2.24) is 17.9 Å². The van der Waals surface area contributed by atoms with Crippen molar-refractivity contribution < 1.29 is 20.4 Å². The van der Waals surface area contributed by atoms with Crippen molar-refractivity contribution in [3.05, 3.63) is 190 Å². The lowest BCUT2D eigenvalue weighted by Gasteiger charge is -2.23. The van der Waals surface area contributed by atoms with Gasteiger partial charge in [0.15, 0.2) is 0 Å². The molecule has 4 N–H and O–H groups in total. The quantitative estimate of drug-likeness (QED) is 0.0703. The minimum atomic E-state index is -0.0519. The van der Waals surface area contributed by atoms with Crippen LogP contribution in [0.2, 0.25) is 0 Å². The molecule has 16 heteroatoms. The van der Waals surface area contributed by atoms with Crippen molar-refractivity contribution in [2.75, 3.05) is 84.6 Å². The Balaban J connectivity index is 1.22. The SMILES string of the molecule is C[N+](C)(C)c1ccc(N=Nc2cc3c(O)c(c2)Cc2cc(N=Nc4ccc([N+](C)(C)C)cc4)cc(c2O)Cc2cc(N=Nc4ccc([N+](C)(C)C)cc4)cc(c2O)Cc2cc(N=Nc4ccc([N+](C)(C)C)cc4)cc(c2O)C3)cc1. The predicted molar refractivity (Wildman–Crippen MR) is 324 cm³/mol. The van der Waals surface area contributed by atoms with Crippen LogP contribution in [0.4, 0.5) is 68.2 Å². The van der Waals surface area contributed by atoms with Gasteiger partial charge in [-0.15, -0.1) is 0 Å². The molecule has 0 aromatic heterocycles. The maximum absolute atomic E-state index is 12.4. The van der Waals surface area contributed by atoms with Crippen LogP contribution < -0.4 is 17.9 Å². The molecule has 0 unspecified atom stereocenters. The van der Waals surface area contributed by atoms with Crippen LogP contribution in [-0.4, -0.2) is 105 Å². The van der Waals surface area contributed by atoms with Gasteiger partial charge in [-0.25, -0.2) is 0 Å². The summed E-state index contributed by atoms with van der Waals surface area (Å²) in [5, 5.41) is 86.9. The third kappa shape index (κ3) is 13.4. The molecule has 408 valence electrons. The predicted octanol–water partition coefficient (Wildman–Crippen LogP) is 15.6. The van der Waals surface area contributed by atoms with Crippen molar-refractivity contribution in [3.8, 4) is 23.0 Å². The maximum atomic E-state index is 12.4. The van der Waals surface area contributed by atoms with Gasteiger partial charge in [0.05, 0.1) is 130 Å². The first-order valence-electron chi connectivity index (χ1n) is 26.5. The lowest BCUT2D eigenvalue weighted by molar-refractivity contribution is 0.450. The Morgan fingerprint density at radius 3 is 0.500 bits per heavy atom. The zero-order valence-corrected chi connectivity index (χ0v) is 47.8. The molecule has 16 nitrogen and oxygen atoms in total. The molecule has 9 rings (SSSR count). The van der Waals surface area contributed by atoms with E-state index in [0.29, 0.717) is 108 Å². The van der Waals surface area contributed by atoms with E-state index in [-0.39, 0.29) is 48.7 Å². The van der Waals surface area contributed by atoms with E-state index in [1.165, 1.54) is 0 Å². The fraction of sp³-hybridized carbons (Fsp3) is 0.250. The number of hydrogen-bond acceptors (Lipinski definition) is 12. The fourth-order valence-electron chi connectivity index (χ4n) is 9.42. The molecule has 0 radical (unpaired) electrons. The van der Waals surface area contributed by atoms with E-state index in [1.807, 2.05) is 97.1 Å². The van der Waals surface area contributed by atoms with E-state index in [2.05, 4.69) is 105 Å². The van der Waals surface area contributed by atoms with E-state index >= 15 is 0 Å². The van der Waals surface area contributed by atoms with E-state index in [9.17, 15) is 20.4 Å². The third-order valence-corrected chi connectivity index (χ3v) is 14.2. The van der Waals surface area contributed by atoms with Gasteiger partial charge in [0, 0.05) is 119 Å². The summed E-state index contributed by atoms with van der Waals surface area (Å²) < 4.78 is 2.55. The van der Waals surface area contributed by atoms with E-state index in [1.54, 1.807) is 48.5 Å². The number of hydrogen-bond donors (Lipinski definition) is 4. The number of phenolic OH excluding ortho intramolecular Hbond substituents is 4. The number of nitrogens with zero attached hydrogens (tertiary/aromatic N) is 12. The largest absolute Gasteiger partial charge is 0.507 e. The molecular weight excluding hydrogens is 1000 g/mol. The molecule has 0 aliphatic heterocycles. The van der Waals surface area contributed by atoms with Crippen molar-refractivity contribution in [2.24, 2.45) is 40.9 Å². The molecule has 1 aliphatic rings. The van der Waals surface area contributed by atoms with Crippen molar-refractivity contribution in [2.45, 2.75) is 25.7 Å². The molecule has 8 bridgehead atoms. The average Bonchev–Trinajstić information content (AvgIpc) is 3.41. The summed E-state index contributed by atoms with van der Waals surface area (Å²) in [5.74, 6) is -0.208. The zero-order valence-electron chi connectivity index (χ0n) is 47.8. The van der Waals surface area contributed by atoms with Crippen molar-refractivity contribution in [1.29, 1.82) is 0 Å². The van der Waals surface area contributed by atoms with Gasteiger partial charge in [-0.2, -0.15) is 40.9 Å². The normalized spacial score (nSPS) is 13.6. The molecule has 0 fully saturated rings. The minimum absolute atomic E-state index is 0.0253. The summed E-state index contributed by atoms with van der Waals surface area (Å²) in [6, 6.07) is 45.4. The van der Waals surface area contributed by atoms with Gasteiger partial charge in [0.1, 0.15) is 45.7 Å².